The van der Waals surface area contributed by atoms with Gasteiger partial charge in [0.25, 0.3) is 0 Å². The van der Waals surface area contributed by atoms with Gasteiger partial charge in [-0.1, -0.05) is 56.7 Å². The molecule has 26 heavy (non-hydrogen) atoms. The fourth-order valence-corrected chi connectivity index (χ4v) is 3.98. The van der Waals surface area contributed by atoms with Gasteiger partial charge in [-0.2, -0.15) is 0 Å². The van der Waals surface area contributed by atoms with E-state index in [4.69, 9.17) is 0 Å². The van der Waals surface area contributed by atoms with E-state index in [9.17, 15) is 0 Å². The van der Waals surface area contributed by atoms with E-state index in [1.165, 1.54) is 62.5 Å². The third-order valence-corrected chi connectivity index (χ3v) is 5.69. The maximum absolute atomic E-state index is 4.34. The summed E-state index contributed by atoms with van der Waals surface area (Å²) in [5.74, 6) is 8.12. The highest BCUT2D eigenvalue weighted by Crippen LogP contribution is 2.37. The summed E-state index contributed by atoms with van der Waals surface area (Å²) in [5.41, 5.74) is 4.57. The number of hydrogen-bond acceptors (Lipinski definition) is 1. The minimum absolute atomic E-state index is 0.748. The van der Waals surface area contributed by atoms with Gasteiger partial charge in [0.05, 0.1) is 0 Å². The first kappa shape index (κ1) is 18.7. The van der Waals surface area contributed by atoms with E-state index in [1.807, 2.05) is 19.2 Å². The summed E-state index contributed by atoms with van der Waals surface area (Å²) in [6.07, 6.45) is 13.0. The van der Waals surface area contributed by atoms with Crippen LogP contribution >= 0.6 is 0 Å². The Morgan fingerprint density at radius 2 is 1.69 bits per heavy atom. The van der Waals surface area contributed by atoms with Crippen molar-refractivity contribution < 1.29 is 0 Å². The van der Waals surface area contributed by atoms with Gasteiger partial charge in [0, 0.05) is 11.8 Å². The van der Waals surface area contributed by atoms with Crippen LogP contribution in [-0.4, -0.2) is 4.98 Å². The molecule has 1 aliphatic rings. The van der Waals surface area contributed by atoms with Gasteiger partial charge >= 0.3 is 0 Å². The van der Waals surface area contributed by atoms with Crippen molar-refractivity contribution in [2.45, 2.75) is 71.1 Å². The van der Waals surface area contributed by atoms with Crippen molar-refractivity contribution in [1.82, 2.24) is 4.98 Å². The van der Waals surface area contributed by atoms with Crippen LogP contribution in [0.25, 0.3) is 0 Å². The van der Waals surface area contributed by atoms with Crippen LogP contribution in [0.15, 0.2) is 42.6 Å². The summed E-state index contributed by atoms with van der Waals surface area (Å²) < 4.78 is 0. The highest BCUT2D eigenvalue weighted by atomic mass is 14.7. The number of rotatable bonds is 5. The number of aromatic nitrogens is 1. The number of benzene rings is 1. The number of nitrogens with zero attached hydrogens (tertiary/aromatic N) is 1. The molecule has 0 N–H and O–H groups in total. The zero-order chi connectivity index (χ0) is 18.2. The molecule has 0 aliphatic heterocycles. The smallest absolute Gasteiger partial charge is 0.113 e. The zero-order valence-electron chi connectivity index (χ0n) is 16.3. The molecule has 0 unspecified atom stereocenters. The second kappa shape index (κ2) is 9.58. The van der Waals surface area contributed by atoms with E-state index >= 15 is 0 Å². The number of unbranched alkanes of at least 4 members (excludes halogenated alkanes) is 2. The van der Waals surface area contributed by atoms with E-state index < -0.39 is 0 Å². The van der Waals surface area contributed by atoms with Crippen LogP contribution in [-0.2, 0) is 0 Å². The lowest BCUT2D eigenvalue weighted by Gasteiger charge is -2.29. The van der Waals surface area contributed by atoms with Gasteiger partial charge in [-0.05, 0) is 79.7 Å². The molecule has 1 nitrogen and oxygen atoms in total. The minimum Gasteiger partial charge on any atom is -0.248 e. The largest absolute Gasteiger partial charge is 0.248 e. The molecule has 1 fully saturated rings. The average Bonchev–Trinajstić information content (AvgIpc) is 2.69. The molecule has 3 rings (SSSR count). The summed E-state index contributed by atoms with van der Waals surface area (Å²) in [7, 11) is 0. The highest BCUT2D eigenvalue weighted by Gasteiger charge is 2.21. The molecule has 1 aliphatic carbocycles. The molecule has 0 bridgehead atoms. The van der Waals surface area contributed by atoms with Gasteiger partial charge in [-0.3, -0.25) is 0 Å². The maximum Gasteiger partial charge on any atom is 0.113 e. The van der Waals surface area contributed by atoms with Gasteiger partial charge < -0.3 is 0 Å². The van der Waals surface area contributed by atoms with E-state index in [0.717, 1.165) is 23.1 Å². The number of aryl methyl sites for hydroxylation is 1. The van der Waals surface area contributed by atoms with Crippen molar-refractivity contribution in [3.8, 4) is 11.8 Å². The van der Waals surface area contributed by atoms with Crippen molar-refractivity contribution in [3.05, 3.63) is 65.0 Å². The van der Waals surface area contributed by atoms with Gasteiger partial charge in [0.1, 0.15) is 5.69 Å². The first-order chi connectivity index (χ1) is 12.7. The average molecular weight is 346 g/mol. The monoisotopic (exact) mass is 345 g/mol. The Morgan fingerprint density at radius 1 is 0.923 bits per heavy atom. The van der Waals surface area contributed by atoms with Crippen LogP contribution in [0, 0.1) is 24.7 Å². The van der Waals surface area contributed by atoms with E-state index in [-0.39, 0.29) is 0 Å². The Kier molecular flexibility index (Phi) is 6.89. The first-order valence-electron chi connectivity index (χ1n) is 10.3. The molecule has 0 amide bonds. The molecule has 1 saturated carbocycles. The predicted octanol–water partition coefficient (Wildman–Crippen LogP) is 6.64. The predicted molar refractivity (Wildman–Crippen MR) is 110 cm³/mol. The van der Waals surface area contributed by atoms with Gasteiger partial charge in [0.15, 0.2) is 0 Å². The molecule has 0 saturated heterocycles. The molecular formula is C25H31N. The van der Waals surface area contributed by atoms with Crippen molar-refractivity contribution in [3.63, 3.8) is 0 Å². The summed E-state index contributed by atoms with van der Waals surface area (Å²) in [6, 6.07) is 12.9. The molecule has 2 aromatic rings. The Bertz CT molecular complexity index is 722. The van der Waals surface area contributed by atoms with E-state index in [0.29, 0.717) is 0 Å². The van der Waals surface area contributed by atoms with Crippen LogP contribution in [0.5, 0.6) is 0 Å². The SMILES string of the molecule is CCCCCC1CCC(c2ccc(C#Cc3ccc(C)cn3)cc2)CC1. The fourth-order valence-electron chi connectivity index (χ4n) is 3.98. The van der Waals surface area contributed by atoms with Crippen molar-refractivity contribution in [1.29, 1.82) is 0 Å². The third kappa shape index (κ3) is 5.46. The van der Waals surface area contributed by atoms with Crippen LogP contribution < -0.4 is 0 Å². The van der Waals surface area contributed by atoms with Gasteiger partial charge in [-0.15, -0.1) is 0 Å². The molecule has 0 radical (unpaired) electrons. The topological polar surface area (TPSA) is 12.9 Å². The second-order valence-electron chi connectivity index (χ2n) is 7.81. The molecular weight excluding hydrogens is 314 g/mol. The summed E-state index contributed by atoms with van der Waals surface area (Å²) in [4.78, 5) is 4.34. The lowest BCUT2D eigenvalue weighted by molar-refractivity contribution is 0.303. The van der Waals surface area contributed by atoms with Crippen LogP contribution in [0.2, 0.25) is 0 Å². The Labute approximate surface area is 159 Å². The standard InChI is InChI=1S/C25H31N/c1-3-4-5-6-21-8-13-23(14-9-21)24-15-10-22(11-16-24)12-18-25-17-7-20(2)19-26-25/h7,10-11,15-17,19,21,23H,3-6,8-9,13-14H2,1-2H3. The van der Waals surface area contributed by atoms with Crippen molar-refractivity contribution >= 4 is 0 Å². The van der Waals surface area contributed by atoms with Gasteiger partial charge in [-0.25, -0.2) is 4.98 Å². The lowest BCUT2D eigenvalue weighted by atomic mass is 9.77. The third-order valence-electron chi connectivity index (χ3n) is 5.69. The first-order valence-corrected chi connectivity index (χ1v) is 10.3. The Hall–Kier alpha value is -2.07. The molecule has 0 spiro atoms. The lowest BCUT2D eigenvalue weighted by Crippen LogP contribution is -2.13. The molecule has 1 aromatic heterocycles. The normalized spacial score (nSPS) is 19.6. The Balaban J connectivity index is 1.53. The van der Waals surface area contributed by atoms with Crippen molar-refractivity contribution in [2.75, 3.05) is 0 Å². The zero-order valence-corrected chi connectivity index (χ0v) is 16.3. The summed E-state index contributed by atoms with van der Waals surface area (Å²) in [5, 5.41) is 0. The molecule has 136 valence electrons. The van der Waals surface area contributed by atoms with Crippen LogP contribution in [0.1, 0.15) is 86.6 Å². The molecule has 0 atom stereocenters. The van der Waals surface area contributed by atoms with Crippen molar-refractivity contribution in [2.24, 2.45) is 5.92 Å². The molecule has 1 heterocycles. The number of hydrogen-bond donors (Lipinski definition) is 0. The maximum atomic E-state index is 4.34. The van der Waals surface area contributed by atoms with Gasteiger partial charge in [0.2, 0.25) is 0 Å². The highest BCUT2D eigenvalue weighted by molar-refractivity contribution is 5.41. The second-order valence-corrected chi connectivity index (χ2v) is 7.81. The number of pyridine rings is 1. The van der Waals surface area contributed by atoms with Crippen LogP contribution in [0.3, 0.4) is 0 Å². The molecule has 1 aromatic carbocycles. The fraction of sp³-hybridized carbons (Fsp3) is 0.480. The van der Waals surface area contributed by atoms with E-state index in [2.05, 4.69) is 54.1 Å². The minimum atomic E-state index is 0.748. The van der Waals surface area contributed by atoms with Crippen LogP contribution in [0.4, 0.5) is 0 Å². The quantitative estimate of drug-likeness (QED) is 0.437. The summed E-state index contributed by atoms with van der Waals surface area (Å²) >= 11 is 0. The summed E-state index contributed by atoms with van der Waals surface area (Å²) in [6.45, 7) is 4.34. The van der Waals surface area contributed by atoms with E-state index in [1.54, 1.807) is 0 Å². The Morgan fingerprint density at radius 3 is 2.35 bits per heavy atom. The molecule has 1 heteroatoms.